The van der Waals surface area contributed by atoms with Gasteiger partial charge in [-0.05, 0) is 40.7 Å². The number of nitrogens with zero attached hydrogens (tertiary/aromatic N) is 2. The molecule has 0 amide bonds. The Balaban J connectivity index is 2.13. The monoisotopic (exact) mass is 341 g/mol. The van der Waals surface area contributed by atoms with Crippen LogP contribution in [-0.4, -0.2) is 23.9 Å². The topological polar surface area (TPSA) is 47.0 Å². The maximum atomic E-state index is 5.03. The third kappa shape index (κ3) is 3.99. The molecule has 1 unspecified atom stereocenters. The number of hydrogen-bond donors (Lipinski definition) is 1. The highest BCUT2D eigenvalue weighted by Crippen LogP contribution is 2.26. The number of halogens is 1. The van der Waals surface area contributed by atoms with Crippen LogP contribution in [0.5, 0.6) is 5.88 Å². The van der Waals surface area contributed by atoms with Gasteiger partial charge in [-0.15, -0.1) is 16.4 Å². The molecule has 2 rings (SSSR count). The van der Waals surface area contributed by atoms with Gasteiger partial charge in [0, 0.05) is 17.4 Å². The van der Waals surface area contributed by atoms with E-state index in [0.717, 1.165) is 22.4 Å². The van der Waals surface area contributed by atoms with Crippen molar-refractivity contribution in [2.24, 2.45) is 0 Å². The van der Waals surface area contributed by atoms with Crippen molar-refractivity contribution in [3.63, 3.8) is 0 Å². The second kappa shape index (κ2) is 6.98. The summed E-state index contributed by atoms with van der Waals surface area (Å²) in [6, 6.07) is 8.19. The summed E-state index contributed by atoms with van der Waals surface area (Å²) >= 11 is 5.24. The average Bonchev–Trinajstić information content (AvgIpc) is 2.84. The van der Waals surface area contributed by atoms with E-state index >= 15 is 0 Å². The van der Waals surface area contributed by atoms with E-state index in [1.165, 1.54) is 4.88 Å². The summed E-state index contributed by atoms with van der Waals surface area (Å²) in [7, 11) is 1.59. The molecule has 0 fully saturated rings. The maximum absolute atomic E-state index is 5.03. The van der Waals surface area contributed by atoms with Crippen LogP contribution in [0.3, 0.4) is 0 Å². The molecule has 2 aromatic heterocycles. The second-order valence-corrected chi connectivity index (χ2v) is 6.57. The molecule has 0 aromatic carbocycles. The van der Waals surface area contributed by atoms with Gasteiger partial charge in [0.1, 0.15) is 0 Å². The maximum Gasteiger partial charge on any atom is 0.233 e. The number of likely N-dealkylation sites (N-methyl/N-ethyl adjacent to an activating group) is 1. The van der Waals surface area contributed by atoms with Gasteiger partial charge in [-0.25, -0.2) is 0 Å². The largest absolute Gasteiger partial charge is 0.480 e. The molecule has 0 saturated heterocycles. The Morgan fingerprint density at radius 1 is 1.32 bits per heavy atom. The minimum Gasteiger partial charge on any atom is -0.480 e. The third-order valence-corrected chi connectivity index (χ3v) is 4.36. The Hall–Kier alpha value is -0.980. The van der Waals surface area contributed by atoms with Gasteiger partial charge in [-0.2, -0.15) is 5.10 Å². The number of nitrogens with one attached hydrogen (secondary N) is 1. The van der Waals surface area contributed by atoms with E-state index in [9.17, 15) is 0 Å². The fraction of sp³-hybridized carbons (Fsp3) is 0.385. The van der Waals surface area contributed by atoms with E-state index in [2.05, 4.69) is 50.5 Å². The molecule has 1 atom stereocenters. The van der Waals surface area contributed by atoms with E-state index in [1.54, 1.807) is 18.4 Å². The highest BCUT2D eigenvalue weighted by Gasteiger charge is 2.14. The zero-order chi connectivity index (χ0) is 13.7. The fourth-order valence-corrected chi connectivity index (χ4v) is 3.34. The Morgan fingerprint density at radius 2 is 2.16 bits per heavy atom. The highest BCUT2D eigenvalue weighted by molar-refractivity contribution is 9.11. The molecule has 0 bridgehead atoms. The van der Waals surface area contributed by atoms with Crippen LogP contribution < -0.4 is 10.1 Å². The standard InChI is InChI=1S/C13H16BrN3OS/c1-3-15-11(8-9-4-6-12(14)19-9)10-5-7-13(18-2)17-16-10/h4-7,11,15H,3,8H2,1-2H3. The predicted molar refractivity (Wildman–Crippen MR) is 80.7 cm³/mol. The minimum absolute atomic E-state index is 0.175. The summed E-state index contributed by atoms with van der Waals surface area (Å²) in [6.07, 6.45) is 0.908. The lowest BCUT2D eigenvalue weighted by Gasteiger charge is -2.16. The Bertz CT molecular complexity index is 515. The van der Waals surface area contributed by atoms with Gasteiger partial charge in [-0.1, -0.05) is 6.92 Å². The van der Waals surface area contributed by atoms with Crippen molar-refractivity contribution in [2.45, 2.75) is 19.4 Å². The van der Waals surface area contributed by atoms with Crippen molar-refractivity contribution < 1.29 is 4.74 Å². The molecule has 102 valence electrons. The molecular formula is C13H16BrN3OS. The Morgan fingerprint density at radius 3 is 2.68 bits per heavy atom. The quantitative estimate of drug-likeness (QED) is 0.876. The molecule has 0 saturated carbocycles. The molecule has 0 spiro atoms. The number of thiophene rings is 1. The molecule has 6 heteroatoms. The third-order valence-electron chi connectivity index (χ3n) is 2.71. The van der Waals surface area contributed by atoms with Crippen LogP contribution >= 0.6 is 27.3 Å². The van der Waals surface area contributed by atoms with Gasteiger partial charge in [0.25, 0.3) is 0 Å². The molecule has 2 aromatic rings. The Labute approximate surface area is 125 Å². The van der Waals surface area contributed by atoms with Crippen molar-refractivity contribution in [1.82, 2.24) is 15.5 Å². The lowest BCUT2D eigenvalue weighted by Crippen LogP contribution is -2.23. The second-order valence-electron chi connectivity index (χ2n) is 4.02. The smallest absolute Gasteiger partial charge is 0.233 e. The van der Waals surface area contributed by atoms with Gasteiger partial charge in [-0.3, -0.25) is 0 Å². The van der Waals surface area contributed by atoms with E-state index in [0.29, 0.717) is 5.88 Å². The van der Waals surface area contributed by atoms with Gasteiger partial charge in [0.05, 0.1) is 22.6 Å². The average molecular weight is 342 g/mol. The normalized spacial score (nSPS) is 12.4. The van der Waals surface area contributed by atoms with Crippen molar-refractivity contribution in [1.29, 1.82) is 0 Å². The zero-order valence-electron chi connectivity index (χ0n) is 10.9. The van der Waals surface area contributed by atoms with Crippen molar-refractivity contribution in [3.8, 4) is 5.88 Å². The highest BCUT2D eigenvalue weighted by atomic mass is 79.9. The van der Waals surface area contributed by atoms with Gasteiger partial charge < -0.3 is 10.1 Å². The van der Waals surface area contributed by atoms with Crippen molar-refractivity contribution in [2.75, 3.05) is 13.7 Å². The molecule has 0 aliphatic heterocycles. The van der Waals surface area contributed by atoms with Crippen LogP contribution in [0.25, 0.3) is 0 Å². The fourth-order valence-electron chi connectivity index (χ4n) is 1.82. The number of ether oxygens (including phenoxy) is 1. The van der Waals surface area contributed by atoms with Crippen LogP contribution in [0.2, 0.25) is 0 Å². The van der Waals surface area contributed by atoms with Gasteiger partial charge >= 0.3 is 0 Å². The first kappa shape index (κ1) is 14.4. The SMILES string of the molecule is CCNC(Cc1ccc(Br)s1)c1ccc(OC)nn1. The lowest BCUT2D eigenvalue weighted by molar-refractivity contribution is 0.389. The first-order valence-corrected chi connectivity index (χ1v) is 7.69. The van der Waals surface area contributed by atoms with Crippen LogP contribution in [0.1, 0.15) is 23.5 Å². The first-order valence-electron chi connectivity index (χ1n) is 6.08. The zero-order valence-corrected chi connectivity index (χ0v) is 13.3. The summed E-state index contributed by atoms with van der Waals surface area (Å²) in [4.78, 5) is 1.32. The number of rotatable bonds is 6. The van der Waals surface area contributed by atoms with Crippen LogP contribution in [0, 0.1) is 0 Å². The Kier molecular flexibility index (Phi) is 5.30. The van der Waals surface area contributed by atoms with E-state index in [4.69, 9.17) is 4.74 Å². The van der Waals surface area contributed by atoms with Crippen LogP contribution in [0.15, 0.2) is 28.1 Å². The molecule has 19 heavy (non-hydrogen) atoms. The van der Waals surface area contributed by atoms with Crippen LogP contribution in [-0.2, 0) is 6.42 Å². The molecular weight excluding hydrogens is 326 g/mol. The molecule has 1 N–H and O–H groups in total. The summed E-state index contributed by atoms with van der Waals surface area (Å²) in [6.45, 7) is 2.99. The van der Waals surface area contributed by atoms with Crippen molar-refractivity contribution in [3.05, 3.63) is 38.6 Å². The van der Waals surface area contributed by atoms with Crippen molar-refractivity contribution >= 4 is 27.3 Å². The summed E-state index contributed by atoms with van der Waals surface area (Å²) < 4.78 is 6.18. The minimum atomic E-state index is 0.175. The summed E-state index contributed by atoms with van der Waals surface area (Å²) in [5, 5.41) is 11.7. The van der Waals surface area contributed by atoms with E-state index in [-0.39, 0.29) is 6.04 Å². The first-order chi connectivity index (χ1) is 9.22. The van der Waals surface area contributed by atoms with Crippen LogP contribution in [0.4, 0.5) is 0 Å². The molecule has 0 radical (unpaired) electrons. The molecule has 0 aliphatic carbocycles. The molecule has 2 heterocycles. The number of aromatic nitrogens is 2. The molecule has 4 nitrogen and oxygen atoms in total. The van der Waals surface area contributed by atoms with Gasteiger partial charge in [0.15, 0.2) is 0 Å². The lowest BCUT2D eigenvalue weighted by atomic mass is 10.1. The van der Waals surface area contributed by atoms with E-state index in [1.807, 2.05) is 12.1 Å². The number of methoxy groups -OCH3 is 1. The summed E-state index contributed by atoms with van der Waals surface area (Å²) in [5.74, 6) is 0.540. The summed E-state index contributed by atoms with van der Waals surface area (Å²) in [5.41, 5.74) is 0.937. The van der Waals surface area contributed by atoms with E-state index < -0.39 is 0 Å². The number of hydrogen-bond acceptors (Lipinski definition) is 5. The van der Waals surface area contributed by atoms with Gasteiger partial charge in [0.2, 0.25) is 5.88 Å². The molecule has 0 aliphatic rings. The predicted octanol–water partition coefficient (Wildman–Crippen LogP) is 3.20.